The molecule has 1 atom stereocenters. The Bertz CT molecular complexity index is 232. The molecule has 13 heavy (non-hydrogen) atoms. The first-order valence-corrected chi connectivity index (χ1v) is 3.63. The van der Waals surface area contributed by atoms with E-state index in [9.17, 15) is 9.59 Å². The third-order valence-corrected chi connectivity index (χ3v) is 1.28. The Labute approximate surface area is 76.6 Å². The standard InChI is InChI=1S/C8H12N2O3/c1-3-4-6(8(9)12)10-7(11)5-13-2/h1,6H,4-5H2,2H3,(H2,9,12)(H,10,11)/t6-/m0/s1. The van der Waals surface area contributed by atoms with Gasteiger partial charge in [0.25, 0.3) is 0 Å². The summed E-state index contributed by atoms with van der Waals surface area (Å²) in [7, 11) is 1.38. The monoisotopic (exact) mass is 184 g/mol. The summed E-state index contributed by atoms with van der Waals surface area (Å²) < 4.78 is 4.55. The molecule has 0 radical (unpaired) electrons. The Balaban J connectivity index is 4.03. The maximum atomic E-state index is 10.9. The maximum Gasteiger partial charge on any atom is 0.246 e. The number of ether oxygens (including phenoxy) is 1. The van der Waals surface area contributed by atoms with Gasteiger partial charge in [0.05, 0.1) is 0 Å². The molecule has 0 aliphatic rings. The number of hydrogen-bond acceptors (Lipinski definition) is 3. The zero-order valence-electron chi connectivity index (χ0n) is 7.37. The molecule has 0 aromatic rings. The largest absolute Gasteiger partial charge is 0.375 e. The second-order valence-corrected chi connectivity index (χ2v) is 2.36. The predicted octanol–water partition coefficient (Wildman–Crippen LogP) is -1.37. The first-order valence-electron chi connectivity index (χ1n) is 3.63. The number of nitrogens with two attached hydrogens (primary N) is 1. The van der Waals surface area contributed by atoms with Crippen molar-refractivity contribution in [3.8, 4) is 12.3 Å². The molecule has 2 amide bonds. The zero-order chi connectivity index (χ0) is 10.3. The summed E-state index contributed by atoms with van der Waals surface area (Å²) in [6.07, 6.45) is 5.06. The van der Waals surface area contributed by atoms with Gasteiger partial charge in [0.2, 0.25) is 11.8 Å². The van der Waals surface area contributed by atoms with Crippen LogP contribution in [0.3, 0.4) is 0 Å². The van der Waals surface area contributed by atoms with E-state index in [1.165, 1.54) is 7.11 Å². The number of hydrogen-bond donors (Lipinski definition) is 2. The number of carbonyl (C=O) groups is 2. The van der Waals surface area contributed by atoms with Crippen LogP contribution in [0.4, 0.5) is 0 Å². The lowest BCUT2D eigenvalue weighted by Gasteiger charge is -2.11. The Morgan fingerprint density at radius 2 is 2.31 bits per heavy atom. The molecule has 0 aliphatic carbocycles. The summed E-state index contributed by atoms with van der Waals surface area (Å²) in [5, 5.41) is 2.34. The van der Waals surface area contributed by atoms with Gasteiger partial charge in [-0.3, -0.25) is 9.59 Å². The summed E-state index contributed by atoms with van der Waals surface area (Å²) in [5.74, 6) is 1.17. The quantitative estimate of drug-likeness (QED) is 0.517. The number of primary amides is 1. The van der Waals surface area contributed by atoms with Gasteiger partial charge >= 0.3 is 0 Å². The predicted molar refractivity (Wildman–Crippen MR) is 46.5 cm³/mol. The fourth-order valence-electron chi connectivity index (χ4n) is 0.708. The van der Waals surface area contributed by atoms with E-state index in [2.05, 4.69) is 16.0 Å². The molecule has 0 fully saturated rings. The smallest absolute Gasteiger partial charge is 0.246 e. The number of terminal acetylenes is 1. The third-order valence-electron chi connectivity index (χ3n) is 1.28. The highest BCUT2D eigenvalue weighted by Crippen LogP contribution is 1.88. The Kier molecular flexibility index (Phi) is 5.32. The number of nitrogens with one attached hydrogen (secondary N) is 1. The highest BCUT2D eigenvalue weighted by Gasteiger charge is 2.15. The van der Waals surface area contributed by atoms with Gasteiger partial charge in [-0.1, -0.05) is 0 Å². The zero-order valence-corrected chi connectivity index (χ0v) is 7.37. The van der Waals surface area contributed by atoms with E-state index < -0.39 is 17.9 Å². The fourth-order valence-corrected chi connectivity index (χ4v) is 0.708. The van der Waals surface area contributed by atoms with Crippen molar-refractivity contribution in [3.05, 3.63) is 0 Å². The summed E-state index contributed by atoms with van der Waals surface area (Å²) in [5.41, 5.74) is 4.98. The van der Waals surface area contributed by atoms with Crippen molar-refractivity contribution in [2.75, 3.05) is 13.7 Å². The van der Waals surface area contributed by atoms with E-state index in [0.717, 1.165) is 0 Å². The van der Waals surface area contributed by atoms with Crippen LogP contribution in [0.2, 0.25) is 0 Å². The first-order chi connectivity index (χ1) is 6.11. The third kappa shape index (κ3) is 4.82. The van der Waals surface area contributed by atoms with Gasteiger partial charge in [0.15, 0.2) is 0 Å². The molecule has 0 aliphatic heterocycles. The van der Waals surface area contributed by atoms with E-state index in [0.29, 0.717) is 0 Å². The van der Waals surface area contributed by atoms with Crippen LogP contribution in [0, 0.1) is 12.3 Å². The van der Waals surface area contributed by atoms with Crippen LogP contribution in [-0.2, 0) is 14.3 Å². The Morgan fingerprint density at radius 3 is 2.69 bits per heavy atom. The van der Waals surface area contributed by atoms with Gasteiger partial charge in [-0.25, -0.2) is 0 Å². The normalized spacial score (nSPS) is 11.4. The SMILES string of the molecule is C#CC[C@H](NC(=O)COC)C(N)=O. The van der Waals surface area contributed by atoms with Crippen LogP contribution >= 0.6 is 0 Å². The van der Waals surface area contributed by atoms with Crippen molar-refractivity contribution in [1.29, 1.82) is 0 Å². The number of amides is 2. The minimum absolute atomic E-state index is 0.0881. The topological polar surface area (TPSA) is 81.4 Å². The number of methoxy groups -OCH3 is 1. The first kappa shape index (κ1) is 11.5. The highest BCUT2D eigenvalue weighted by molar-refractivity contribution is 5.87. The molecule has 0 saturated heterocycles. The van der Waals surface area contributed by atoms with Crippen molar-refractivity contribution >= 4 is 11.8 Å². The van der Waals surface area contributed by atoms with Crippen LogP contribution < -0.4 is 11.1 Å². The van der Waals surface area contributed by atoms with Gasteiger partial charge in [-0.05, 0) is 0 Å². The number of carbonyl (C=O) groups excluding carboxylic acids is 2. The van der Waals surface area contributed by atoms with Crippen molar-refractivity contribution in [3.63, 3.8) is 0 Å². The van der Waals surface area contributed by atoms with Crippen LogP contribution in [0.5, 0.6) is 0 Å². The summed E-state index contributed by atoms with van der Waals surface area (Å²) in [4.78, 5) is 21.6. The summed E-state index contributed by atoms with van der Waals surface area (Å²) >= 11 is 0. The summed E-state index contributed by atoms with van der Waals surface area (Å²) in [6, 6.07) is -0.812. The van der Waals surface area contributed by atoms with E-state index >= 15 is 0 Å². The van der Waals surface area contributed by atoms with Gasteiger partial charge in [0.1, 0.15) is 12.6 Å². The van der Waals surface area contributed by atoms with Crippen LogP contribution in [0.1, 0.15) is 6.42 Å². The van der Waals surface area contributed by atoms with Crippen LogP contribution in [0.25, 0.3) is 0 Å². The van der Waals surface area contributed by atoms with Gasteiger partial charge in [-0.15, -0.1) is 12.3 Å². The van der Waals surface area contributed by atoms with E-state index in [1.54, 1.807) is 0 Å². The highest BCUT2D eigenvalue weighted by atomic mass is 16.5. The van der Waals surface area contributed by atoms with Gasteiger partial charge in [0, 0.05) is 13.5 Å². The molecule has 0 spiro atoms. The lowest BCUT2D eigenvalue weighted by atomic mass is 10.2. The average molecular weight is 184 g/mol. The molecule has 0 heterocycles. The van der Waals surface area contributed by atoms with E-state index in [1.807, 2.05) is 0 Å². The maximum absolute atomic E-state index is 10.9. The number of rotatable bonds is 5. The second kappa shape index (κ2) is 6.03. The molecule has 72 valence electrons. The molecule has 5 heteroatoms. The molecule has 0 aromatic carbocycles. The van der Waals surface area contributed by atoms with E-state index in [-0.39, 0.29) is 13.0 Å². The molecule has 3 N–H and O–H groups in total. The molecular weight excluding hydrogens is 172 g/mol. The lowest BCUT2D eigenvalue weighted by molar-refractivity contribution is -0.129. The van der Waals surface area contributed by atoms with Gasteiger partial charge < -0.3 is 15.8 Å². The van der Waals surface area contributed by atoms with Crippen molar-refractivity contribution in [2.45, 2.75) is 12.5 Å². The molecule has 0 unspecified atom stereocenters. The Hall–Kier alpha value is -1.54. The molecule has 0 rings (SSSR count). The summed E-state index contributed by atoms with van der Waals surface area (Å²) in [6.45, 7) is -0.117. The van der Waals surface area contributed by atoms with Crippen LogP contribution in [0.15, 0.2) is 0 Å². The molecule has 0 bridgehead atoms. The van der Waals surface area contributed by atoms with Gasteiger partial charge in [-0.2, -0.15) is 0 Å². The average Bonchev–Trinajstić information content (AvgIpc) is 2.04. The minimum atomic E-state index is -0.812. The Morgan fingerprint density at radius 1 is 1.69 bits per heavy atom. The minimum Gasteiger partial charge on any atom is -0.375 e. The molecular formula is C8H12N2O3. The second-order valence-electron chi connectivity index (χ2n) is 2.36. The molecule has 0 aromatic heterocycles. The fraction of sp³-hybridized carbons (Fsp3) is 0.500. The van der Waals surface area contributed by atoms with Crippen molar-refractivity contribution < 1.29 is 14.3 Å². The van der Waals surface area contributed by atoms with E-state index in [4.69, 9.17) is 12.2 Å². The van der Waals surface area contributed by atoms with Crippen LogP contribution in [-0.4, -0.2) is 31.6 Å². The molecule has 5 nitrogen and oxygen atoms in total. The lowest BCUT2D eigenvalue weighted by Crippen LogP contribution is -2.45. The van der Waals surface area contributed by atoms with Crippen molar-refractivity contribution in [2.24, 2.45) is 5.73 Å². The van der Waals surface area contributed by atoms with Crippen molar-refractivity contribution in [1.82, 2.24) is 5.32 Å². The molecule has 0 saturated carbocycles.